The van der Waals surface area contributed by atoms with Crippen LogP contribution in [0.25, 0.3) is 0 Å². The molecule has 1 unspecified atom stereocenters. The van der Waals surface area contributed by atoms with E-state index in [9.17, 15) is 18.0 Å². The van der Waals surface area contributed by atoms with Crippen LogP contribution in [0.1, 0.15) is 47.1 Å². The van der Waals surface area contributed by atoms with Gasteiger partial charge in [0, 0.05) is 28.7 Å². The number of carbonyl (C=O) groups is 2. The number of hydrogen-bond acceptors (Lipinski definition) is 5. The number of amides is 1. The smallest absolute Gasteiger partial charge is 0.255 e. The lowest BCUT2D eigenvalue weighted by molar-refractivity contribution is 0.0863. The third kappa shape index (κ3) is 4.97. The number of ether oxygens (including phenoxy) is 1. The number of rotatable bonds is 6. The zero-order valence-corrected chi connectivity index (χ0v) is 18.2. The van der Waals surface area contributed by atoms with Gasteiger partial charge in [-0.05, 0) is 43.2 Å². The minimum Gasteiger partial charge on any atom is -0.457 e. The molecule has 0 aromatic heterocycles. The van der Waals surface area contributed by atoms with E-state index >= 15 is 0 Å². The summed E-state index contributed by atoms with van der Waals surface area (Å²) >= 11 is 0. The fourth-order valence-corrected chi connectivity index (χ4v) is 3.89. The van der Waals surface area contributed by atoms with Crippen molar-refractivity contribution in [1.82, 2.24) is 5.32 Å². The molecule has 3 rings (SSSR count). The summed E-state index contributed by atoms with van der Waals surface area (Å²) in [6, 6.07) is 11.9. The van der Waals surface area contributed by atoms with Gasteiger partial charge in [-0.2, -0.15) is 0 Å². The van der Waals surface area contributed by atoms with Gasteiger partial charge in [0.25, 0.3) is 5.91 Å². The van der Waals surface area contributed by atoms with Crippen molar-refractivity contribution in [2.24, 2.45) is 5.41 Å². The molecule has 2 aromatic rings. The fourth-order valence-electron chi connectivity index (χ4n) is 3.37. The third-order valence-electron chi connectivity index (χ3n) is 4.89. The van der Waals surface area contributed by atoms with Crippen LogP contribution < -0.4 is 10.1 Å². The van der Waals surface area contributed by atoms with E-state index in [1.165, 1.54) is 6.08 Å². The summed E-state index contributed by atoms with van der Waals surface area (Å²) in [7, 11) is -3.30. The van der Waals surface area contributed by atoms with E-state index in [-0.39, 0.29) is 11.3 Å². The fraction of sp³-hybridized carbons (Fsp3) is 0.304. The molecule has 0 spiro atoms. The van der Waals surface area contributed by atoms with Gasteiger partial charge in [-0.15, -0.1) is 0 Å². The predicted octanol–water partition coefficient (Wildman–Crippen LogP) is 3.92. The Bertz CT molecular complexity index is 1120. The third-order valence-corrected chi connectivity index (χ3v) is 5.54. The Balaban J connectivity index is 1.97. The SMILES string of the molecule is CC(/C=C/S(C)(=O)=O)NC(=O)c1cc2c(cc1Oc1ccccc1)CC(C)(C)C2=O. The van der Waals surface area contributed by atoms with Crippen molar-refractivity contribution < 1.29 is 22.7 Å². The Kier molecular flexibility index (Phi) is 5.85. The van der Waals surface area contributed by atoms with Gasteiger partial charge in [0.2, 0.25) is 0 Å². The van der Waals surface area contributed by atoms with Crippen molar-refractivity contribution in [3.05, 3.63) is 70.6 Å². The standard InChI is InChI=1S/C23H25NO5S/c1-15(10-11-30(4,27)28)24-22(26)19-13-18-16(14-23(2,3)21(18)25)12-20(19)29-17-8-6-5-7-9-17/h5-13,15H,14H2,1-4H3,(H,24,26)/b11-10+. The molecule has 0 aliphatic heterocycles. The average molecular weight is 428 g/mol. The molecule has 1 N–H and O–H groups in total. The van der Waals surface area contributed by atoms with Gasteiger partial charge in [-0.1, -0.05) is 38.1 Å². The minimum atomic E-state index is -3.30. The normalized spacial score (nSPS) is 16.3. The van der Waals surface area contributed by atoms with Crippen LogP contribution >= 0.6 is 0 Å². The summed E-state index contributed by atoms with van der Waals surface area (Å²) in [5.41, 5.74) is 1.05. The van der Waals surface area contributed by atoms with Crippen molar-refractivity contribution in [3.8, 4) is 11.5 Å². The number of carbonyl (C=O) groups excluding carboxylic acids is 2. The maximum atomic E-state index is 13.0. The van der Waals surface area contributed by atoms with E-state index < -0.39 is 27.2 Å². The van der Waals surface area contributed by atoms with E-state index in [1.807, 2.05) is 32.0 Å². The molecule has 0 radical (unpaired) electrons. The molecule has 0 saturated heterocycles. The highest BCUT2D eigenvalue weighted by Gasteiger charge is 2.38. The van der Waals surface area contributed by atoms with Gasteiger partial charge >= 0.3 is 0 Å². The first kappa shape index (κ1) is 21.8. The van der Waals surface area contributed by atoms with Crippen molar-refractivity contribution in [2.75, 3.05) is 6.26 Å². The summed E-state index contributed by atoms with van der Waals surface area (Å²) < 4.78 is 28.6. The quantitative estimate of drug-likeness (QED) is 0.755. The first-order valence-electron chi connectivity index (χ1n) is 9.60. The number of sulfone groups is 1. The Labute approximate surface area is 176 Å². The van der Waals surface area contributed by atoms with Crippen LogP contribution in [0.2, 0.25) is 0 Å². The molecule has 1 aliphatic rings. The molecule has 6 nitrogen and oxygen atoms in total. The van der Waals surface area contributed by atoms with Crippen LogP contribution in [-0.2, 0) is 16.3 Å². The Morgan fingerprint density at radius 2 is 1.87 bits per heavy atom. The maximum Gasteiger partial charge on any atom is 0.255 e. The summed E-state index contributed by atoms with van der Waals surface area (Å²) in [5.74, 6) is 0.456. The molecule has 7 heteroatoms. The van der Waals surface area contributed by atoms with Gasteiger partial charge in [0.1, 0.15) is 11.5 Å². The Morgan fingerprint density at radius 3 is 2.50 bits per heavy atom. The van der Waals surface area contributed by atoms with Gasteiger partial charge in [-0.25, -0.2) is 8.42 Å². The Hall–Kier alpha value is -2.93. The summed E-state index contributed by atoms with van der Waals surface area (Å²) in [6.45, 7) is 5.43. The molecule has 0 heterocycles. The van der Waals surface area contributed by atoms with Crippen LogP contribution in [0.3, 0.4) is 0 Å². The van der Waals surface area contributed by atoms with E-state index in [4.69, 9.17) is 4.74 Å². The number of ketones is 1. The van der Waals surface area contributed by atoms with Gasteiger partial charge in [0.05, 0.1) is 5.56 Å². The molecule has 2 aromatic carbocycles. The number of nitrogens with one attached hydrogen (secondary N) is 1. The van der Waals surface area contributed by atoms with Gasteiger partial charge < -0.3 is 10.1 Å². The molecule has 1 amide bonds. The van der Waals surface area contributed by atoms with Crippen molar-refractivity contribution in [1.29, 1.82) is 0 Å². The van der Waals surface area contributed by atoms with Crippen LogP contribution in [0, 0.1) is 5.41 Å². The van der Waals surface area contributed by atoms with E-state index in [2.05, 4.69) is 5.32 Å². The first-order valence-corrected chi connectivity index (χ1v) is 11.6. The van der Waals surface area contributed by atoms with Crippen LogP contribution in [0.15, 0.2) is 53.9 Å². The molecular formula is C23H25NO5S. The van der Waals surface area contributed by atoms with Gasteiger partial charge in [-0.3, -0.25) is 9.59 Å². The molecule has 0 fully saturated rings. The second-order valence-electron chi connectivity index (χ2n) is 8.23. The summed E-state index contributed by atoms with van der Waals surface area (Å²) in [4.78, 5) is 25.7. The zero-order chi connectivity index (χ0) is 22.1. The molecule has 0 bridgehead atoms. The number of Topliss-reactive ketones (excluding diaryl/α,β-unsaturated/α-hetero) is 1. The molecule has 158 valence electrons. The topological polar surface area (TPSA) is 89.5 Å². The predicted molar refractivity (Wildman–Crippen MR) is 116 cm³/mol. The van der Waals surface area contributed by atoms with Crippen LogP contribution in [-0.4, -0.2) is 32.4 Å². The van der Waals surface area contributed by atoms with Crippen LogP contribution in [0.5, 0.6) is 11.5 Å². The number of hydrogen-bond donors (Lipinski definition) is 1. The van der Waals surface area contributed by atoms with Crippen molar-refractivity contribution in [3.63, 3.8) is 0 Å². The lowest BCUT2D eigenvalue weighted by Crippen LogP contribution is -2.31. The van der Waals surface area contributed by atoms with E-state index in [0.717, 1.165) is 17.2 Å². The number of para-hydroxylation sites is 1. The van der Waals surface area contributed by atoms with Gasteiger partial charge in [0.15, 0.2) is 15.6 Å². The first-order chi connectivity index (χ1) is 14.0. The number of benzene rings is 2. The molecule has 1 aliphatic carbocycles. The highest BCUT2D eigenvalue weighted by atomic mass is 32.2. The molecule has 30 heavy (non-hydrogen) atoms. The minimum absolute atomic E-state index is 0.0113. The average Bonchev–Trinajstić information content (AvgIpc) is 2.88. The highest BCUT2D eigenvalue weighted by Crippen LogP contribution is 2.40. The maximum absolute atomic E-state index is 13.0. The second kappa shape index (κ2) is 8.07. The highest BCUT2D eigenvalue weighted by molar-refractivity contribution is 7.93. The lowest BCUT2D eigenvalue weighted by atomic mass is 9.89. The largest absolute Gasteiger partial charge is 0.457 e. The lowest BCUT2D eigenvalue weighted by Gasteiger charge is -2.15. The zero-order valence-electron chi connectivity index (χ0n) is 17.4. The molecule has 1 atom stereocenters. The molecule has 0 saturated carbocycles. The van der Waals surface area contributed by atoms with Crippen molar-refractivity contribution in [2.45, 2.75) is 33.2 Å². The second-order valence-corrected chi connectivity index (χ2v) is 10.2. The monoisotopic (exact) mass is 427 g/mol. The summed E-state index contributed by atoms with van der Waals surface area (Å²) in [5, 5.41) is 3.79. The van der Waals surface area contributed by atoms with E-state index in [1.54, 1.807) is 31.2 Å². The summed E-state index contributed by atoms with van der Waals surface area (Å²) in [6.07, 6.45) is 3.05. The van der Waals surface area contributed by atoms with E-state index in [0.29, 0.717) is 23.5 Å². The van der Waals surface area contributed by atoms with Crippen molar-refractivity contribution >= 4 is 21.5 Å². The number of fused-ring (bicyclic) bond motifs is 1. The Morgan fingerprint density at radius 1 is 1.20 bits per heavy atom. The van der Waals surface area contributed by atoms with Crippen LogP contribution in [0.4, 0.5) is 0 Å². The molecular weight excluding hydrogens is 402 g/mol.